The lowest BCUT2D eigenvalue weighted by molar-refractivity contribution is 0.257. The molecule has 0 bridgehead atoms. The largest absolute Gasteiger partial charge is 0.328 e. The molecule has 2 N–H and O–H groups in total. The van der Waals surface area contributed by atoms with E-state index in [1.165, 1.54) is 0 Å². The van der Waals surface area contributed by atoms with Crippen molar-refractivity contribution < 1.29 is 0 Å². The molecular formula is C12H23N. The average molecular weight is 181 g/mol. The first kappa shape index (κ1) is 10.8. The summed E-state index contributed by atoms with van der Waals surface area (Å²) in [7, 11) is 0. The van der Waals surface area contributed by atoms with E-state index < -0.39 is 0 Å². The number of hydrogen-bond donors (Lipinski definition) is 1. The van der Waals surface area contributed by atoms with Crippen LogP contribution in [-0.4, -0.2) is 6.04 Å². The second kappa shape index (κ2) is 3.45. The van der Waals surface area contributed by atoms with E-state index in [1.54, 1.807) is 0 Å². The first-order valence-electron chi connectivity index (χ1n) is 5.24. The summed E-state index contributed by atoms with van der Waals surface area (Å²) in [6, 6.07) is 0.356. The van der Waals surface area contributed by atoms with Gasteiger partial charge in [0.1, 0.15) is 0 Å². The van der Waals surface area contributed by atoms with E-state index in [2.05, 4.69) is 39.8 Å². The van der Waals surface area contributed by atoms with Crippen LogP contribution in [0.3, 0.4) is 0 Å². The summed E-state index contributed by atoms with van der Waals surface area (Å²) < 4.78 is 0. The highest BCUT2D eigenvalue weighted by Crippen LogP contribution is 2.35. The zero-order chi connectivity index (χ0) is 10.1. The van der Waals surface area contributed by atoms with Crippen molar-refractivity contribution in [3.63, 3.8) is 0 Å². The van der Waals surface area contributed by atoms with E-state index in [9.17, 15) is 0 Å². The summed E-state index contributed by atoms with van der Waals surface area (Å²) in [6.45, 7) is 9.13. The van der Waals surface area contributed by atoms with Crippen LogP contribution in [0, 0.1) is 10.8 Å². The topological polar surface area (TPSA) is 26.0 Å². The van der Waals surface area contributed by atoms with E-state index in [0.29, 0.717) is 11.5 Å². The van der Waals surface area contributed by atoms with E-state index in [0.717, 1.165) is 19.3 Å². The van der Waals surface area contributed by atoms with Crippen molar-refractivity contribution in [2.45, 2.75) is 53.0 Å². The Morgan fingerprint density at radius 3 is 2.38 bits per heavy atom. The zero-order valence-corrected chi connectivity index (χ0v) is 9.43. The fraction of sp³-hybridized carbons (Fsp3) is 0.833. The first-order valence-corrected chi connectivity index (χ1v) is 5.24. The first-order chi connectivity index (χ1) is 5.81. The van der Waals surface area contributed by atoms with Crippen molar-refractivity contribution in [1.82, 2.24) is 0 Å². The Morgan fingerprint density at radius 2 is 1.77 bits per heavy atom. The summed E-state index contributed by atoms with van der Waals surface area (Å²) in [5.74, 6) is 0. The van der Waals surface area contributed by atoms with Crippen molar-refractivity contribution in [3.05, 3.63) is 12.2 Å². The van der Waals surface area contributed by atoms with Crippen molar-refractivity contribution in [2.75, 3.05) is 0 Å². The molecule has 1 aliphatic rings. The van der Waals surface area contributed by atoms with E-state index in [-0.39, 0.29) is 5.41 Å². The van der Waals surface area contributed by atoms with Gasteiger partial charge in [-0.15, -0.1) is 0 Å². The second-order valence-corrected chi connectivity index (χ2v) is 5.93. The lowest BCUT2D eigenvalue weighted by atomic mass is 9.74. The smallest absolute Gasteiger partial charge is 0.00520 e. The predicted molar refractivity (Wildman–Crippen MR) is 58.5 cm³/mol. The van der Waals surface area contributed by atoms with Crippen molar-refractivity contribution in [1.29, 1.82) is 0 Å². The van der Waals surface area contributed by atoms with Gasteiger partial charge in [-0.1, -0.05) is 39.8 Å². The standard InChI is InChI=1S/C12H23N/c1-11(2)6-5-7-12(3,4)9-10(13)8-11/h5-6,10H,7-9,13H2,1-4H3/b6-5-. The SMILES string of the molecule is CC1(C)/C=C\CC(C)(C)CC(N)C1. The molecule has 0 saturated carbocycles. The number of rotatable bonds is 0. The fourth-order valence-corrected chi connectivity index (χ4v) is 2.31. The maximum absolute atomic E-state index is 6.12. The molecule has 0 aromatic carbocycles. The van der Waals surface area contributed by atoms with Crippen LogP contribution in [-0.2, 0) is 0 Å². The Morgan fingerprint density at radius 1 is 1.15 bits per heavy atom. The molecule has 1 nitrogen and oxygen atoms in total. The van der Waals surface area contributed by atoms with Gasteiger partial charge < -0.3 is 5.73 Å². The normalized spacial score (nSPS) is 34.7. The summed E-state index contributed by atoms with van der Waals surface area (Å²) in [5, 5.41) is 0. The lowest BCUT2D eigenvalue weighted by Crippen LogP contribution is -2.33. The Kier molecular flexibility index (Phi) is 2.86. The lowest BCUT2D eigenvalue weighted by Gasteiger charge is -2.33. The minimum atomic E-state index is 0.288. The van der Waals surface area contributed by atoms with Crippen LogP contribution in [0.1, 0.15) is 47.0 Å². The highest BCUT2D eigenvalue weighted by Gasteiger charge is 2.27. The predicted octanol–water partition coefficient (Wildman–Crippen LogP) is 3.11. The van der Waals surface area contributed by atoms with Gasteiger partial charge in [-0.25, -0.2) is 0 Å². The molecule has 0 aliphatic heterocycles. The molecule has 1 aliphatic carbocycles. The summed E-state index contributed by atoms with van der Waals surface area (Å²) in [5.41, 5.74) is 6.79. The molecule has 0 heterocycles. The average Bonchev–Trinajstić information content (AvgIpc) is 1.79. The van der Waals surface area contributed by atoms with Crippen molar-refractivity contribution in [2.24, 2.45) is 16.6 Å². The third-order valence-electron chi connectivity index (χ3n) is 2.84. The molecule has 1 rings (SSSR count). The molecule has 0 aromatic heterocycles. The van der Waals surface area contributed by atoms with Gasteiger partial charge in [0, 0.05) is 6.04 Å². The van der Waals surface area contributed by atoms with Crippen LogP contribution in [0.15, 0.2) is 12.2 Å². The molecule has 0 saturated heterocycles. The molecule has 76 valence electrons. The van der Waals surface area contributed by atoms with Crippen molar-refractivity contribution in [3.8, 4) is 0 Å². The fourth-order valence-electron chi connectivity index (χ4n) is 2.31. The maximum atomic E-state index is 6.12. The highest BCUT2D eigenvalue weighted by molar-refractivity contribution is 5.01. The van der Waals surface area contributed by atoms with Gasteiger partial charge in [0.05, 0.1) is 0 Å². The molecular weight excluding hydrogens is 158 g/mol. The molecule has 13 heavy (non-hydrogen) atoms. The summed E-state index contributed by atoms with van der Waals surface area (Å²) >= 11 is 0. The van der Waals surface area contributed by atoms with Crippen LogP contribution in [0.25, 0.3) is 0 Å². The molecule has 1 atom stereocenters. The van der Waals surface area contributed by atoms with E-state index in [1.807, 2.05) is 0 Å². The van der Waals surface area contributed by atoms with Gasteiger partial charge in [0.15, 0.2) is 0 Å². The monoisotopic (exact) mass is 181 g/mol. The third-order valence-corrected chi connectivity index (χ3v) is 2.84. The number of hydrogen-bond acceptors (Lipinski definition) is 1. The summed E-state index contributed by atoms with van der Waals surface area (Å²) in [6.07, 6.45) is 8.05. The van der Waals surface area contributed by atoms with Crippen molar-refractivity contribution >= 4 is 0 Å². The van der Waals surface area contributed by atoms with E-state index >= 15 is 0 Å². The van der Waals surface area contributed by atoms with Gasteiger partial charge >= 0.3 is 0 Å². The van der Waals surface area contributed by atoms with Crippen LogP contribution in [0.4, 0.5) is 0 Å². The molecule has 0 fully saturated rings. The Hall–Kier alpha value is -0.300. The van der Waals surface area contributed by atoms with Gasteiger partial charge in [-0.05, 0) is 30.1 Å². The van der Waals surface area contributed by atoms with Crippen LogP contribution < -0.4 is 5.73 Å². The molecule has 0 spiro atoms. The Balaban J connectivity index is 2.75. The zero-order valence-electron chi connectivity index (χ0n) is 9.43. The molecule has 0 aromatic rings. The Bertz CT molecular complexity index is 201. The highest BCUT2D eigenvalue weighted by atomic mass is 14.6. The summed E-state index contributed by atoms with van der Waals surface area (Å²) in [4.78, 5) is 0. The number of nitrogens with two attached hydrogens (primary N) is 1. The molecule has 1 unspecified atom stereocenters. The van der Waals surface area contributed by atoms with Crippen LogP contribution >= 0.6 is 0 Å². The minimum Gasteiger partial charge on any atom is -0.328 e. The Labute approximate surface area is 82.4 Å². The molecule has 0 radical (unpaired) electrons. The van der Waals surface area contributed by atoms with Gasteiger partial charge in [0.25, 0.3) is 0 Å². The quantitative estimate of drug-likeness (QED) is 0.571. The van der Waals surface area contributed by atoms with Crippen LogP contribution in [0.2, 0.25) is 0 Å². The van der Waals surface area contributed by atoms with Gasteiger partial charge in [0.2, 0.25) is 0 Å². The van der Waals surface area contributed by atoms with Gasteiger partial charge in [-0.3, -0.25) is 0 Å². The second-order valence-electron chi connectivity index (χ2n) is 5.93. The number of allylic oxidation sites excluding steroid dienone is 2. The van der Waals surface area contributed by atoms with Crippen LogP contribution in [0.5, 0.6) is 0 Å². The van der Waals surface area contributed by atoms with Gasteiger partial charge in [-0.2, -0.15) is 0 Å². The minimum absolute atomic E-state index is 0.288. The maximum Gasteiger partial charge on any atom is 0.00520 e. The third kappa shape index (κ3) is 3.51. The molecule has 0 amide bonds. The van der Waals surface area contributed by atoms with E-state index in [4.69, 9.17) is 5.73 Å². The molecule has 1 heteroatoms.